The highest BCUT2D eigenvalue weighted by molar-refractivity contribution is 5.63. The van der Waals surface area contributed by atoms with E-state index in [1.165, 1.54) is 63.1 Å². The summed E-state index contributed by atoms with van der Waals surface area (Å²) in [6.45, 7) is 5.94. The van der Waals surface area contributed by atoms with Crippen molar-refractivity contribution in [2.24, 2.45) is 13.0 Å². The van der Waals surface area contributed by atoms with Crippen molar-refractivity contribution in [1.29, 1.82) is 0 Å². The molecule has 0 atom stereocenters. The highest BCUT2D eigenvalue weighted by Crippen LogP contribution is 2.48. The van der Waals surface area contributed by atoms with Gasteiger partial charge in [-0.1, -0.05) is 18.2 Å². The second-order valence-corrected chi connectivity index (χ2v) is 8.42. The molecule has 1 saturated heterocycles. The topological polar surface area (TPSA) is 24.3 Å². The third kappa shape index (κ3) is 2.86. The van der Waals surface area contributed by atoms with Crippen LogP contribution < -0.4 is 4.90 Å². The summed E-state index contributed by atoms with van der Waals surface area (Å²) in [6.07, 6.45) is 9.59. The number of likely N-dealkylation sites (tertiary alicyclic amines) is 1. The Morgan fingerprint density at radius 2 is 1.96 bits per heavy atom. The molecule has 5 rings (SSSR count). The number of fused-ring (bicyclic) bond motifs is 2. The van der Waals surface area contributed by atoms with Gasteiger partial charge in [0.25, 0.3) is 0 Å². The summed E-state index contributed by atoms with van der Waals surface area (Å²) < 4.78 is 1.91. The van der Waals surface area contributed by atoms with Crippen LogP contribution in [0.3, 0.4) is 0 Å². The fourth-order valence-electron chi connectivity index (χ4n) is 4.89. The number of hydrogen-bond donors (Lipinski definition) is 0. The molecule has 0 unspecified atom stereocenters. The van der Waals surface area contributed by atoms with E-state index in [2.05, 4.69) is 45.4 Å². The van der Waals surface area contributed by atoms with Crippen molar-refractivity contribution in [3.8, 4) is 0 Å². The van der Waals surface area contributed by atoms with Gasteiger partial charge in [-0.2, -0.15) is 5.10 Å². The van der Waals surface area contributed by atoms with Crippen molar-refractivity contribution in [3.63, 3.8) is 0 Å². The lowest BCUT2D eigenvalue weighted by Crippen LogP contribution is -2.45. The maximum absolute atomic E-state index is 4.31. The first-order valence-corrected chi connectivity index (χ1v) is 9.76. The molecule has 2 aliphatic heterocycles. The summed E-state index contributed by atoms with van der Waals surface area (Å²) in [5.74, 6) is 0.953. The van der Waals surface area contributed by atoms with Gasteiger partial charge in [0.2, 0.25) is 0 Å². The zero-order valence-electron chi connectivity index (χ0n) is 15.2. The summed E-state index contributed by atoms with van der Waals surface area (Å²) in [4.78, 5) is 5.30. The van der Waals surface area contributed by atoms with E-state index in [4.69, 9.17) is 0 Å². The quantitative estimate of drug-likeness (QED) is 0.857. The van der Waals surface area contributed by atoms with Crippen LogP contribution in [0.4, 0.5) is 5.69 Å². The Morgan fingerprint density at radius 3 is 2.68 bits per heavy atom. The summed E-state index contributed by atoms with van der Waals surface area (Å²) in [5, 5.41) is 4.31. The molecule has 132 valence electrons. The van der Waals surface area contributed by atoms with Gasteiger partial charge in [-0.3, -0.25) is 9.58 Å². The average molecular weight is 336 g/mol. The van der Waals surface area contributed by atoms with Gasteiger partial charge in [0.15, 0.2) is 0 Å². The van der Waals surface area contributed by atoms with Crippen LogP contribution >= 0.6 is 0 Å². The number of hydrogen-bond acceptors (Lipinski definition) is 3. The first-order valence-electron chi connectivity index (χ1n) is 9.76. The van der Waals surface area contributed by atoms with E-state index in [1.54, 1.807) is 5.56 Å². The molecule has 1 aromatic carbocycles. The fourth-order valence-corrected chi connectivity index (χ4v) is 4.89. The molecule has 1 aromatic heterocycles. The molecule has 0 bridgehead atoms. The van der Waals surface area contributed by atoms with E-state index in [1.807, 2.05) is 17.9 Å². The maximum Gasteiger partial charge on any atom is 0.0534 e. The van der Waals surface area contributed by atoms with E-state index in [0.29, 0.717) is 5.41 Å². The molecule has 0 N–H and O–H groups in total. The zero-order valence-corrected chi connectivity index (χ0v) is 15.2. The third-order valence-electron chi connectivity index (χ3n) is 6.46. The average Bonchev–Trinajstić information content (AvgIpc) is 3.28. The number of piperidine rings is 1. The minimum atomic E-state index is 0.386. The number of aromatic nitrogens is 2. The Labute approximate surface area is 150 Å². The molecule has 0 amide bonds. The standard InChI is InChI=1S/C21H28N4/c1-23-13-18(12-22-23)14-24-10-8-21(9-11-24)16-25(15-17-6-7-17)20-5-3-2-4-19(20)21/h2-5,12-13,17H,6-11,14-16H2,1H3. The van der Waals surface area contributed by atoms with Crippen LogP contribution in [0, 0.1) is 5.92 Å². The van der Waals surface area contributed by atoms with Crippen LogP contribution in [0.2, 0.25) is 0 Å². The molecule has 1 aliphatic carbocycles. The van der Waals surface area contributed by atoms with E-state index in [0.717, 1.165) is 12.5 Å². The summed E-state index contributed by atoms with van der Waals surface area (Å²) in [5.41, 5.74) is 4.86. The molecule has 1 spiro atoms. The Bertz CT molecular complexity index is 753. The Balaban J connectivity index is 1.31. The first-order chi connectivity index (χ1) is 12.2. The molecule has 4 heteroatoms. The lowest BCUT2D eigenvalue weighted by molar-refractivity contribution is 0.159. The number of para-hydroxylation sites is 1. The lowest BCUT2D eigenvalue weighted by atomic mass is 9.74. The molecular formula is C21H28N4. The molecule has 3 heterocycles. The van der Waals surface area contributed by atoms with Crippen molar-refractivity contribution < 1.29 is 0 Å². The SMILES string of the molecule is Cn1cc(CN2CCC3(CC2)CN(CC2CC2)c2ccccc23)cn1. The zero-order chi connectivity index (χ0) is 16.9. The second-order valence-electron chi connectivity index (χ2n) is 8.42. The monoisotopic (exact) mass is 336 g/mol. The van der Waals surface area contributed by atoms with Crippen LogP contribution in [0.1, 0.15) is 36.8 Å². The Morgan fingerprint density at radius 1 is 1.16 bits per heavy atom. The van der Waals surface area contributed by atoms with E-state index < -0.39 is 0 Å². The van der Waals surface area contributed by atoms with Crippen molar-refractivity contribution in [2.45, 2.75) is 37.6 Å². The predicted octanol–water partition coefficient (Wildman–Crippen LogP) is 3.18. The van der Waals surface area contributed by atoms with Crippen LogP contribution in [0.25, 0.3) is 0 Å². The van der Waals surface area contributed by atoms with Crippen LogP contribution in [0.5, 0.6) is 0 Å². The molecular weight excluding hydrogens is 308 g/mol. The van der Waals surface area contributed by atoms with Gasteiger partial charge in [-0.15, -0.1) is 0 Å². The summed E-state index contributed by atoms with van der Waals surface area (Å²) >= 11 is 0. The van der Waals surface area contributed by atoms with Gasteiger partial charge < -0.3 is 4.90 Å². The minimum Gasteiger partial charge on any atom is -0.370 e. The van der Waals surface area contributed by atoms with Crippen molar-refractivity contribution in [2.75, 3.05) is 31.1 Å². The molecule has 2 fully saturated rings. The van der Waals surface area contributed by atoms with Crippen molar-refractivity contribution in [3.05, 3.63) is 47.8 Å². The van der Waals surface area contributed by atoms with E-state index in [9.17, 15) is 0 Å². The van der Waals surface area contributed by atoms with E-state index >= 15 is 0 Å². The highest BCUT2D eigenvalue weighted by atomic mass is 15.2. The lowest BCUT2D eigenvalue weighted by Gasteiger charge is -2.40. The Hall–Kier alpha value is -1.81. The fraction of sp³-hybridized carbons (Fsp3) is 0.571. The summed E-state index contributed by atoms with van der Waals surface area (Å²) in [7, 11) is 2.00. The normalized spacial score (nSPS) is 22.5. The van der Waals surface area contributed by atoms with Crippen LogP contribution in [-0.4, -0.2) is 40.9 Å². The van der Waals surface area contributed by atoms with Crippen molar-refractivity contribution in [1.82, 2.24) is 14.7 Å². The molecule has 3 aliphatic rings. The van der Waals surface area contributed by atoms with Gasteiger partial charge >= 0.3 is 0 Å². The van der Waals surface area contributed by atoms with Gasteiger partial charge in [-0.25, -0.2) is 0 Å². The van der Waals surface area contributed by atoms with Crippen LogP contribution in [0.15, 0.2) is 36.7 Å². The predicted molar refractivity (Wildman–Crippen MR) is 101 cm³/mol. The van der Waals surface area contributed by atoms with Crippen molar-refractivity contribution >= 4 is 5.69 Å². The third-order valence-corrected chi connectivity index (χ3v) is 6.46. The molecule has 2 aromatic rings. The van der Waals surface area contributed by atoms with Gasteiger partial charge in [0.05, 0.1) is 6.20 Å². The number of rotatable bonds is 4. The first kappa shape index (κ1) is 15.4. The number of nitrogens with zero attached hydrogens (tertiary/aromatic N) is 4. The molecule has 0 radical (unpaired) electrons. The second kappa shape index (κ2) is 5.87. The molecule has 4 nitrogen and oxygen atoms in total. The Kier molecular flexibility index (Phi) is 3.63. The van der Waals surface area contributed by atoms with Gasteiger partial charge in [-0.05, 0) is 56.3 Å². The highest BCUT2D eigenvalue weighted by Gasteiger charge is 2.45. The van der Waals surface area contributed by atoms with Gasteiger partial charge in [0, 0.05) is 49.5 Å². The molecule has 25 heavy (non-hydrogen) atoms. The minimum absolute atomic E-state index is 0.386. The number of anilines is 1. The van der Waals surface area contributed by atoms with Gasteiger partial charge in [0.1, 0.15) is 0 Å². The number of aryl methyl sites for hydroxylation is 1. The summed E-state index contributed by atoms with van der Waals surface area (Å²) in [6, 6.07) is 9.21. The largest absolute Gasteiger partial charge is 0.370 e. The maximum atomic E-state index is 4.31. The smallest absolute Gasteiger partial charge is 0.0534 e. The van der Waals surface area contributed by atoms with Crippen LogP contribution in [-0.2, 0) is 19.0 Å². The number of benzene rings is 1. The molecule has 1 saturated carbocycles. The van der Waals surface area contributed by atoms with E-state index in [-0.39, 0.29) is 0 Å².